The van der Waals surface area contributed by atoms with Crippen LogP contribution in [-0.2, 0) is 0 Å². The maximum absolute atomic E-state index is 13.5. The Kier molecular flexibility index (Phi) is 3.76. The van der Waals surface area contributed by atoms with Gasteiger partial charge in [-0.05, 0) is 18.2 Å². The maximum atomic E-state index is 13.5. The van der Waals surface area contributed by atoms with Gasteiger partial charge < -0.3 is 16.2 Å². The van der Waals surface area contributed by atoms with E-state index in [1.807, 2.05) is 0 Å². The summed E-state index contributed by atoms with van der Waals surface area (Å²) in [5.41, 5.74) is 4.93. The van der Waals surface area contributed by atoms with E-state index >= 15 is 0 Å². The topological polar surface area (TPSA) is 75.4 Å². The Bertz CT molecular complexity index is 669. The molecule has 0 aliphatic carbocycles. The number of hydrogen-bond donors (Lipinski definition) is 3. The fraction of sp³-hybridized carbons (Fsp3) is 0. The minimum Gasteiger partial charge on any atom is -0.505 e. The number of phenolic OH excluding ortho intramolecular Hbond substituents is 1. The number of nitrogens with two attached hydrogens (primary N) is 1. The van der Waals surface area contributed by atoms with Gasteiger partial charge in [-0.15, -0.1) is 0 Å². The van der Waals surface area contributed by atoms with Crippen molar-refractivity contribution in [1.82, 2.24) is 0 Å². The lowest BCUT2D eigenvalue weighted by atomic mass is 10.1. The monoisotopic (exact) mass is 298 g/mol. The van der Waals surface area contributed by atoms with Gasteiger partial charge in [-0.2, -0.15) is 0 Å². The molecule has 104 valence electrons. The molecule has 0 aliphatic rings. The van der Waals surface area contributed by atoms with Crippen LogP contribution in [0.2, 0.25) is 5.02 Å². The molecule has 0 saturated heterocycles. The third kappa shape index (κ3) is 2.65. The van der Waals surface area contributed by atoms with Crippen LogP contribution in [0.25, 0.3) is 0 Å². The molecule has 0 heterocycles. The van der Waals surface area contributed by atoms with Crippen molar-refractivity contribution in [3.63, 3.8) is 0 Å². The normalized spacial score (nSPS) is 10.3. The molecule has 0 spiro atoms. The van der Waals surface area contributed by atoms with Crippen LogP contribution in [-0.4, -0.2) is 11.0 Å². The zero-order chi connectivity index (χ0) is 14.9. The summed E-state index contributed by atoms with van der Waals surface area (Å²) in [7, 11) is 0. The van der Waals surface area contributed by atoms with E-state index in [9.17, 15) is 18.7 Å². The quantitative estimate of drug-likeness (QED) is 0.589. The predicted octanol–water partition coefficient (Wildman–Crippen LogP) is 3.16. The molecule has 0 aliphatic heterocycles. The molecule has 2 rings (SSSR count). The van der Waals surface area contributed by atoms with E-state index in [1.165, 1.54) is 18.2 Å². The molecule has 1 amide bonds. The number of nitrogens with one attached hydrogen (secondary N) is 1. The van der Waals surface area contributed by atoms with Crippen molar-refractivity contribution < 1.29 is 18.7 Å². The first kappa shape index (κ1) is 14.1. The Morgan fingerprint density at radius 1 is 1.30 bits per heavy atom. The number of amides is 1. The van der Waals surface area contributed by atoms with Crippen molar-refractivity contribution in [2.45, 2.75) is 0 Å². The molecule has 2 aromatic rings. The Labute approximate surface area is 117 Å². The Balaban J connectivity index is 2.36. The fourth-order valence-corrected chi connectivity index (χ4v) is 1.83. The van der Waals surface area contributed by atoms with Gasteiger partial charge in [0.25, 0.3) is 5.91 Å². The molecule has 4 N–H and O–H groups in total. The molecular weight excluding hydrogens is 290 g/mol. The molecule has 0 radical (unpaired) electrons. The third-order valence-electron chi connectivity index (χ3n) is 2.56. The highest BCUT2D eigenvalue weighted by Crippen LogP contribution is 2.29. The second-order valence-electron chi connectivity index (χ2n) is 3.94. The SMILES string of the molecule is Nc1cccc(C(=O)Nc2c(F)cc(F)cc2Cl)c1O. The first-order valence-electron chi connectivity index (χ1n) is 5.43. The van der Waals surface area contributed by atoms with Crippen LogP contribution in [0.15, 0.2) is 30.3 Å². The average molecular weight is 299 g/mol. The standard InChI is InChI=1S/C13H9ClF2N2O2/c14-8-4-6(15)5-9(16)11(8)18-13(20)7-2-1-3-10(17)12(7)19/h1-5,19H,17H2,(H,18,20). The van der Waals surface area contributed by atoms with Crippen molar-refractivity contribution in [2.24, 2.45) is 0 Å². The van der Waals surface area contributed by atoms with Crippen molar-refractivity contribution in [3.8, 4) is 5.75 Å². The summed E-state index contributed by atoms with van der Waals surface area (Å²) in [6.45, 7) is 0. The number of phenols is 1. The lowest BCUT2D eigenvalue weighted by molar-refractivity contribution is 0.102. The van der Waals surface area contributed by atoms with Crippen LogP contribution < -0.4 is 11.1 Å². The Morgan fingerprint density at radius 3 is 2.65 bits per heavy atom. The van der Waals surface area contributed by atoms with Crippen molar-refractivity contribution in [1.29, 1.82) is 0 Å². The summed E-state index contributed by atoms with van der Waals surface area (Å²) in [5, 5.41) is 11.5. The Hall–Kier alpha value is -2.34. The van der Waals surface area contributed by atoms with Crippen LogP contribution in [0, 0.1) is 11.6 Å². The molecule has 0 fully saturated rings. The zero-order valence-electron chi connectivity index (χ0n) is 9.95. The third-order valence-corrected chi connectivity index (χ3v) is 2.86. The molecule has 2 aromatic carbocycles. The lowest BCUT2D eigenvalue weighted by Crippen LogP contribution is -2.14. The number of benzene rings is 2. The fourth-order valence-electron chi connectivity index (χ4n) is 1.59. The largest absolute Gasteiger partial charge is 0.505 e. The number of halogens is 3. The highest BCUT2D eigenvalue weighted by molar-refractivity contribution is 6.34. The molecule has 0 saturated carbocycles. The smallest absolute Gasteiger partial charge is 0.259 e. The van der Waals surface area contributed by atoms with Crippen LogP contribution in [0.4, 0.5) is 20.2 Å². The van der Waals surface area contributed by atoms with Crippen LogP contribution in [0.5, 0.6) is 5.75 Å². The van der Waals surface area contributed by atoms with E-state index in [2.05, 4.69) is 5.32 Å². The van der Waals surface area contributed by atoms with Gasteiger partial charge in [-0.25, -0.2) is 8.78 Å². The van der Waals surface area contributed by atoms with E-state index in [4.69, 9.17) is 17.3 Å². The summed E-state index contributed by atoms with van der Waals surface area (Å²) >= 11 is 5.66. The predicted molar refractivity (Wildman–Crippen MR) is 71.8 cm³/mol. The molecule has 7 heteroatoms. The number of hydrogen-bond acceptors (Lipinski definition) is 3. The Morgan fingerprint density at radius 2 is 2.00 bits per heavy atom. The molecule has 4 nitrogen and oxygen atoms in total. The van der Waals surface area contributed by atoms with Gasteiger partial charge in [-0.1, -0.05) is 17.7 Å². The molecular formula is C13H9ClF2N2O2. The molecule has 0 atom stereocenters. The number of nitrogen functional groups attached to an aromatic ring is 1. The number of carbonyl (C=O) groups excluding carboxylic acids is 1. The van der Waals surface area contributed by atoms with E-state index in [0.29, 0.717) is 6.07 Å². The van der Waals surface area contributed by atoms with Crippen LogP contribution >= 0.6 is 11.6 Å². The highest BCUT2D eigenvalue weighted by Gasteiger charge is 2.17. The van der Waals surface area contributed by atoms with E-state index in [-0.39, 0.29) is 22.0 Å². The van der Waals surface area contributed by atoms with Gasteiger partial charge in [0.05, 0.1) is 22.0 Å². The molecule has 20 heavy (non-hydrogen) atoms. The number of para-hydroxylation sites is 1. The van der Waals surface area contributed by atoms with Crippen molar-refractivity contribution in [2.75, 3.05) is 11.1 Å². The minimum atomic E-state index is -1.02. The molecule has 0 bridgehead atoms. The summed E-state index contributed by atoms with van der Waals surface area (Å²) < 4.78 is 26.4. The first-order valence-corrected chi connectivity index (χ1v) is 5.81. The zero-order valence-corrected chi connectivity index (χ0v) is 10.7. The molecule has 0 unspecified atom stereocenters. The van der Waals surface area contributed by atoms with Crippen LogP contribution in [0.3, 0.4) is 0 Å². The number of carbonyl (C=O) groups is 1. The van der Waals surface area contributed by atoms with Crippen LogP contribution in [0.1, 0.15) is 10.4 Å². The number of aromatic hydroxyl groups is 1. The summed E-state index contributed by atoms with van der Waals surface area (Å²) in [5.74, 6) is -3.13. The minimum absolute atomic E-state index is 0.00308. The van der Waals surface area contributed by atoms with Gasteiger partial charge in [0.15, 0.2) is 11.6 Å². The van der Waals surface area contributed by atoms with E-state index < -0.39 is 23.3 Å². The second-order valence-corrected chi connectivity index (χ2v) is 4.35. The van der Waals surface area contributed by atoms with E-state index in [0.717, 1.165) is 6.07 Å². The van der Waals surface area contributed by atoms with Crippen molar-refractivity contribution in [3.05, 3.63) is 52.6 Å². The number of rotatable bonds is 2. The van der Waals surface area contributed by atoms with Gasteiger partial charge in [-0.3, -0.25) is 4.79 Å². The average Bonchev–Trinajstić information content (AvgIpc) is 2.36. The summed E-state index contributed by atoms with van der Waals surface area (Å²) in [6, 6.07) is 5.60. The van der Waals surface area contributed by atoms with E-state index in [1.54, 1.807) is 0 Å². The summed E-state index contributed by atoms with van der Waals surface area (Å²) in [6.07, 6.45) is 0. The van der Waals surface area contributed by atoms with Gasteiger partial charge in [0, 0.05) is 6.07 Å². The summed E-state index contributed by atoms with van der Waals surface area (Å²) in [4.78, 5) is 11.9. The maximum Gasteiger partial charge on any atom is 0.259 e. The second kappa shape index (κ2) is 5.34. The molecule has 0 aromatic heterocycles. The highest BCUT2D eigenvalue weighted by atomic mass is 35.5. The first-order chi connectivity index (χ1) is 9.40. The van der Waals surface area contributed by atoms with Gasteiger partial charge >= 0.3 is 0 Å². The lowest BCUT2D eigenvalue weighted by Gasteiger charge is -2.10. The van der Waals surface area contributed by atoms with Crippen molar-refractivity contribution >= 4 is 28.9 Å². The van der Waals surface area contributed by atoms with Gasteiger partial charge in [0.2, 0.25) is 0 Å². The van der Waals surface area contributed by atoms with Gasteiger partial charge in [0.1, 0.15) is 5.82 Å². The number of anilines is 2.